The molecule has 1 unspecified atom stereocenters. The number of aryl methyl sites for hydroxylation is 2. The molecule has 1 atom stereocenters. The molecule has 2 aromatic rings. The predicted molar refractivity (Wildman–Crippen MR) is 77.5 cm³/mol. The van der Waals surface area contributed by atoms with Crippen LogP contribution in [0.3, 0.4) is 0 Å². The zero-order valence-electron chi connectivity index (χ0n) is 12.0. The van der Waals surface area contributed by atoms with Crippen LogP contribution in [-0.2, 0) is 6.42 Å². The predicted octanol–water partition coefficient (Wildman–Crippen LogP) is 3.73. The van der Waals surface area contributed by atoms with Gasteiger partial charge in [0.2, 0.25) is 0 Å². The lowest BCUT2D eigenvalue weighted by atomic mass is 9.98. The van der Waals surface area contributed by atoms with Gasteiger partial charge in [0.05, 0.1) is 13.2 Å². The molecule has 2 aromatic carbocycles. The molecule has 0 saturated carbocycles. The van der Waals surface area contributed by atoms with Crippen LogP contribution in [0.4, 0.5) is 4.39 Å². The van der Waals surface area contributed by atoms with Crippen LogP contribution < -0.4 is 4.74 Å². The molecule has 106 valence electrons. The molecule has 0 bridgehead atoms. The first-order chi connectivity index (χ1) is 9.49. The zero-order chi connectivity index (χ0) is 14.7. The van der Waals surface area contributed by atoms with Crippen LogP contribution in [0.5, 0.6) is 5.75 Å². The summed E-state index contributed by atoms with van der Waals surface area (Å²) in [5.41, 5.74) is 4.06. The number of aliphatic hydroxyl groups excluding tert-OH is 1. The average Bonchev–Trinajstić information content (AvgIpc) is 2.37. The van der Waals surface area contributed by atoms with Crippen molar-refractivity contribution in [1.29, 1.82) is 0 Å². The van der Waals surface area contributed by atoms with E-state index in [1.807, 2.05) is 13.8 Å². The number of rotatable bonds is 4. The average molecular weight is 274 g/mol. The zero-order valence-corrected chi connectivity index (χ0v) is 12.0. The summed E-state index contributed by atoms with van der Waals surface area (Å²) < 4.78 is 18.3. The van der Waals surface area contributed by atoms with Crippen molar-refractivity contribution in [2.45, 2.75) is 26.4 Å². The lowest BCUT2D eigenvalue weighted by molar-refractivity contribution is 0.178. The van der Waals surface area contributed by atoms with Crippen molar-refractivity contribution in [2.75, 3.05) is 7.11 Å². The number of hydrogen-bond acceptors (Lipinski definition) is 2. The fourth-order valence-electron chi connectivity index (χ4n) is 2.41. The van der Waals surface area contributed by atoms with E-state index in [1.54, 1.807) is 12.1 Å². The summed E-state index contributed by atoms with van der Waals surface area (Å²) in [6, 6.07) is 10.7. The second-order valence-electron chi connectivity index (χ2n) is 5.11. The Morgan fingerprint density at radius 3 is 2.35 bits per heavy atom. The highest BCUT2D eigenvalue weighted by atomic mass is 19.1. The van der Waals surface area contributed by atoms with Gasteiger partial charge < -0.3 is 9.84 Å². The Bertz CT molecular complexity index is 588. The quantitative estimate of drug-likeness (QED) is 0.920. The third-order valence-electron chi connectivity index (χ3n) is 3.27. The van der Waals surface area contributed by atoms with E-state index in [2.05, 4.69) is 18.2 Å². The second kappa shape index (κ2) is 6.06. The van der Waals surface area contributed by atoms with Crippen molar-refractivity contribution < 1.29 is 14.2 Å². The third kappa shape index (κ3) is 3.36. The molecule has 0 fully saturated rings. The molecule has 0 radical (unpaired) electrons. The van der Waals surface area contributed by atoms with E-state index in [4.69, 9.17) is 4.74 Å². The fourth-order valence-corrected chi connectivity index (χ4v) is 2.41. The number of hydrogen-bond donors (Lipinski definition) is 1. The molecule has 0 aliphatic heterocycles. The van der Waals surface area contributed by atoms with E-state index < -0.39 is 11.9 Å². The molecule has 2 rings (SSSR count). The minimum absolute atomic E-state index is 0.155. The van der Waals surface area contributed by atoms with E-state index in [9.17, 15) is 9.50 Å². The van der Waals surface area contributed by atoms with Crippen LogP contribution in [0.1, 0.15) is 28.4 Å². The standard InChI is InChI=1S/C17H19FO2/c1-11-6-12(2)8-13(7-11)9-16(19)14-4-5-15(18)17(10-14)20-3/h4-8,10,16,19H,9H2,1-3H3. The van der Waals surface area contributed by atoms with Crippen LogP contribution in [0, 0.1) is 19.7 Å². The second-order valence-corrected chi connectivity index (χ2v) is 5.11. The van der Waals surface area contributed by atoms with E-state index in [0.717, 1.165) is 5.56 Å². The molecule has 20 heavy (non-hydrogen) atoms. The third-order valence-corrected chi connectivity index (χ3v) is 3.27. The molecule has 0 amide bonds. The van der Waals surface area contributed by atoms with E-state index >= 15 is 0 Å². The first-order valence-electron chi connectivity index (χ1n) is 6.58. The fraction of sp³-hybridized carbons (Fsp3) is 0.294. The molecule has 2 nitrogen and oxygen atoms in total. The Morgan fingerprint density at radius 2 is 1.75 bits per heavy atom. The summed E-state index contributed by atoms with van der Waals surface area (Å²) in [5.74, 6) is -0.267. The Morgan fingerprint density at radius 1 is 1.10 bits per heavy atom. The molecule has 1 N–H and O–H groups in total. The highest BCUT2D eigenvalue weighted by Crippen LogP contribution is 2.25. The number of aliphatic hydroxyl groups is 1. The number of halogens is 1. The lowest BCUT2D eigenvalue weighted by Crippen LogP contribution is -2.03. The summed E-state index contributed by atoms with van der Waals surface area (Å²) in [4.78, 5) is 0. The van der Waals surface area contributed by atoms with Gasteiger partial charge >= 0.3 is 0 Å². The maximum Gasteiger partial charge on any atom is 0.165 e. The molecular formula is C17H19FO2. The minimum atomic E-state index is -0.675. The Balaban J connectivity index is 2.21. The first kappa shape index (κ1) is 14.5. The number of methoxy groups -OCH3 is 1. The summed E-state index contributed by atoms with van der Waals surface area (Å²) in [6.07, 6.45) is -0.178. The van der Waals surface area contributed by atoms with Gasteiger partial charge in [0.25, 0.3) is 0 Å². The highest BCUT2D eigenvalue weighted by Gasteiger charge is 2.12. The Hall–Kier alpha value is -1.87. The van der Waals surface area contributed by atoms with Crippen LogP contribution in [0.25, 0.3) is 0 Å². The monoisotopic (exact) mass is 274 g/mol. The molecule has 0 heterocycles. The van der Waals surface area contributed by atoms with Crippen molar-refractivity contribution in [3.63, 3.8) is 0 Å². The molecular weight excluding hydrogens is 255 g/mol. The summed E-state index contributed by atoms with van der Waals surface area (Å²) in [5, 5.41) is 10.3. The van der Waals surface area contributed by atoms with Crippen LogP contribution in [0.15, 0.2) is 36.4 Å². The van der Waals surface area contributed by atoms with E-state index in [0.29, 0.717) is 12.0 Å². The molecule has 0 saturated heterocycles. The van der Waals surface area contributed by atoms with Gasteiger partial charge in [-0.15, -0.1) is 0 Å². The normalized spacial score (nSPS) is 12.2. The van der Waals surface area contributed by atoms with Crippen LogP contribution in [0.2, 0.25) is 0 Å². The van der Waals surface area contributed by atoms with Gasteiger partial charge in [-0.1, -0.05) is 35.4 Å². The van der Waals surface area contributed by atoms with Crippen LogP contribution in [-0.4, -0.2) is 12.2 Å². The van der Waals surface area contributed by atoms with Crippen molar-refractivity contribution in [3.05, 3.63) is 64.5 Å². The summed E-state index contributed by atoms with van der Waals surface area (Å²) in [6.45, 7) is 4.06. The van der Waals surface area contributed by atoms with Gasteiger partial charge in [-0.05, 0) is 37.1 Å². The van der Waals surface area contributed by atoms with Crippen molar-refractivity contribution in [2.24, 2.45) is 0 Å². The van der Waals surface area contributed by atoms with Gasteiger partial charge in [0.1, 0.15) is 0 Å². The van der Waals surface area contributed by atoms with E-state index in [1.165, 1.54) is 24.3 Å². The maximum absolute atomic E-state index is 13.4. The molecule has 0 aliphatic carbocycles. The topological polar surface area (TPSA) is 29.5 Å². The summed E-state index contributed by atoms with van der Waals surface area (Å²) >= 11 is 0. The van der Waals surface area contributed by atoms with E-state index in [-0.39, 0.29) is 5.75 Å². The molecule has 0 aromatic heterocycles. The van der Waals surface area contributed by atoms with Gasteiger partial charge in [-0.2, -0.15) is 0 Å². The van der Waals surface area contributed by atoms with Crippen LogP contribution >= 0.6 is 0 Å². The van der Waals surface area contributed by atoms with Crippen molar-refractivity contribution in [1.82, 2.24) is 0 Å². The first-order valence-corrected chi connectivity index (χ1v) is 6.58. The Kier molecular flexibility index (Phi) is 4.40. The number of ether oxygens (including phenoxy) is 1. The van der Waals surface area contributed by atoms with Crippen molar-refractivity contribution >= 4 is 0 Å². The SMILES string of the molecule is COc1cc(C(O)Cc2cc(C)cc(C)c2)ccc1F. The minimum Gasteiger partial charge on any atom is -0.494 e. The van der Waals surface area contributed by atoms with Gasteiger partial charge in [-0.3, -0.25) is 0 Å². The van der Waals surface area contributed by atoms with Gasteiger partial charge in [-0.25, -0.2) is 4.39 Å². The molecule has 0 spiro atoms. The lowest BCUT2D eigenvalue weighted by Gasteiger charge is -2.13. The molecule has 3 heteroatoms. The largest absolute Gasteiger partial charge is 0.494 e. The van der Waals surface area contributed by atoms with Gasteiger partial charge in [0.15, 0.2) is 11.6 Å². The highest BCUT2D eigenvalue weighted by molar-refractivity contribution is 5.34. The number of benzene rings is 2. The maximum atomic E-state index is 13.4. The smallest absolute Gasteiger partial charge is 0.165 e. The Labute approximate surface area is 118 Å². The van der Waals surface area contributed by atoms with Gasteiger partial charge in [0, 0.05) is 6.42 Å². The molecule has 0 aliphatic rings. The van der Waals surface area contributed by atoms with Crippen molar-refractivity contribution in [3.8, 4) is 5.75 Å². The summed E-state index contributed by atoms with van der Waals surface area (Å²) in [7, 11) is 1.42.